The molecule has 0 bridgehead atoms. The molecular weight excluding hydrogens is 296 g/mol. The van der Waals surface area contributed by atoms with Crippen LogP contribution >= 0.6 is 12.4 Å². The van der Waals surface area contributed by atoms with Crippen molar-refractivity contribution in [2.45, 2.75) is 19.9 Å². The van der Waals surface area contributed by atoms with Crippen LogP contribution < -0.4 is 25.3 Å². The average Bonchev–Trinajstić information content (AvgIpc) is 2.89. The van der Waals surface area contributed by atoms with E-state index >= 15 is 0 Å². The second kappa shape index (κ2) is 7.95. The van der Waals surface area contributed by atoms with Crippen molar-refractivity contribution < 1.29 is 19.0 Å². The Bertz CT molecular complexity index is 482. The van der Waals surface area contributed by atoms with Crippen LogP contribution in [0, 0.1) is 5.92 Å². The van der Waals surface area contributed by atoms with E-state index < -0.39 is 0 Å². The first-order valence-electron chi connectivity index (χ1n) is 6.63. The van der Waals surface area contributed by atoms with Crippen LogP contribution in [0.25, 0.3) is 0 Å². The van der Waals surface area contributed by atoms with Gasteiger partial charge in [-0.2, -0.15) is 0 Å². The summed E-state index contributed by atoms with van der Waals surface area (Å²) < 4.78 is 16.0. The molecule has 1 aliphatic heterocycles. The zero-order chi connectivity index (χ0) is 14.5. The molecule has 1 aromatic rings. The maximum Gasteiger partial charge on any atom is 0.231 e. The third-order valence-electron chi connectivity index (χ3n) is 3.22. The number of hydrogen-bond acceptors (Lipinski definition) is 5. The number of amides is 1. The van der Waals surface area contributed by atoms with Crippen LogP contribution in [0.2, 0.25) is 0 Å². The third-order valence-corrected chi connectivity index (χ3v) is 3.22. The summed E-state index contributed by atoms with van der Waals surface area (Å²) in [5.41, 5.74) is 5.67. The smallest absolute Gasteiger partial charge is 0.231 e. The van der Waals surface area contributed by atoms with E-state index in [0.29, 0.717) is 24.7 Å². The minimum absolute atomic E-state index is 0. The maximum atomic E-state index is 11.7. The quantitative estimate of drug-likeness (QED) is 0.773. The summed E-state index contributed by atoms with van der Waals surface area (Å²) in [5, 5.41) is 2.79. The molecule has 3 N–H and O–H groups in total. The Morgan fingerprint density at radius 1 is 1.38 bits per heavy atom. The fourth-order valence-electron chi connectivity index (χ4n) is 1.71. The highest BCUT2D eigenvalue weighted by atomic mass is 35.5. The minimum atomic E-state index is -0.208. The van der Waals surface area contributed by atoms with Gasteiger partial charge < -0.3 is 25.3 Å². The lowest BCUT2D eigenvalue weighted by Crippen LogP contribution is -2.40. The molecule has 0 saturated heterocycles. The Labute approximate surface area is 130 Å². The molecule has 7 heteroatoms. The van der Waals surface area contributed by atoms with Gasteiger partial charge in [0, 0.05) is 18.0 Å². The van der Waals surface area contributed by atoms with Gasteiger partial charge in [-0.1, -0.05) is 6.92 Å². The van der Waals surface area contributed by atoms with Crippen molar-refractivity contribution in [3.8, 4) is 17.2 Å². The van der Waals surface area contributed by atoms with Gasteiger partial charge in [0.15, 0.2) is 11.5 Å². The number of nitrogens with two attached hydrogens (primary N) is 1. The third kappa shape index (κ3) is 4.68. The Morgan fingerprint density at radius 2 is 2.10 bits per heavy atom. The molecule has 1 aliphatic rings. The van der Waals surface area contributed by atoms with Gasteiger partial charge >= 0.3 is 0 Å². The number of nitrogens with one attached hydrogen (secondary N) is 1. The highest BCUT2D eigenvalue weighted by molar-refractivity contribution is 5.85. The van der Waals surface area contributed by atoms with Gasteiger partial charge in [0.05, 0.1) is 6.54 Å². The Balaban J connectivity index is 0.00000220. The normalized spacial score (nSPS) is 14.8. The van der Waals surface area contributed by atoms with Gasteiger partial charge in [0.25, 0.3) is 0 Å². The topological polar surface area (TPSA) is 82.8 Å². The molecule has 0 saturated carbocycles. The second-order valence-corrected chi connectivity index (χ2v) is 4.80. The van der Waals surface area contributed by atoms with Crippen molar-refractivity contribution in [2.24, 2.45) is 11.7 Å². The number of benzene rings is 1. The lowest BCUT2D eigenvalue weighted by atomic mass is 10.0. The molecule has 2 atom stereocenters. The second-order valence-electron chi connectivity index (χ2n) is 4.80. The summed E-state index contributed by atoms with van der Waals surface area (Å²) in [6.07, 6.45) is 0. The van der Waals surface area contributed by atoms with Crippen molar-refractivity contribution >= 4 is 18.3 Å². The minimum Gasteiger partial charge on any atom is -0.492 e. The van der Waals surface area contributed by atoms with Gasteiger partial charge in [0.1, 0.15) is 12.4 Å². The molecule has 6 nitrogen and oxygen atoms in total. The van der Waals surface area contributed by atoms with Crippen molar-refractivity contribution in [3.63, 3.8) is 0 Å². The SMILES string of the molecule is CC(N)C(C)C(=O)NCCOc1ccc2c(c1)OCO2.Cl. The van der Waals surface area contributed by atoms with E-state index in [0.717, 1.165) is 5.75 Å². The lowest BCUT2D eigenvalue weighted by Gasteiger charge is -2.15. The predicted octanol–water partition coefficient (Wildman–Crippen LogP) is 1.32. The van der Waals surface area contributed by atoms with Crippen molar-refractivity contribution in [3.05, 3.63) is 18.2 Å². The van der Waals surface area contributed by atoms with Gasteiger partial charge in [-0.15, -0.1) is 12.4 Å². The number of rotatable bonds is 6. The lowest BCUT2D eigenvalue weighted by molar-refractivity contribution is -0.125. The van der Waals surface area contributed by atoms with E-state index in [1.54, 1.807) is 25.1 Å². The molecular formula is C14H21ClN2O4. The summed E-state index contributed by atoms with van der Waals surface area (Å²) in [6, 6.07) is 5.22. The Morgan fingerprint density at radius 3 is 2.81 bits per heavy atom. The number of ether oxygens (including phenoxy) is 3. The van der Waals surface area contributed by atoms with Crippen molar-refractivity contribution in [2.75, 3.05) is 19.9 Å². The summed E-state index contributed by atoms with van der Waals surface area (Å²) >= 11 is 0. The van der Waals surface area contributed by atoms with E-state index in [4.69, 9.17) is 19.9 Å². The number of halogens is 1. The molecule has 0 radical (unpaired) electrons. The molecule has 0 spiro atoms. The van der Waals surface area contributed by atoms with Gasteiger partial charge in [-0.25, -0.2) is 0 Å². The van der Waals surface area contributed by atoms with Crippen LogP contribution in [0.3, 0.4) is 0 Å². The highest BCUT2D eigenvalue weighted by Gasteiger charge is 2.16. The number of carbonyl (C=O) groups excluding carboxylic acids is 1. The van der Waals surface area contributed by atoms with Crippen molar-refractivity contribution in [1.82, 2.24) is 5.32 Å². The summed E-state index contributed by atoms with van der Waals surface area (Å²) in [7, 11) is 0. The monoisotopic (exact) mass is 316 g/mol. The van der Waals surface area contributed by atoms with E-state index in [2.05, 4.69) is 5.32 Å². The van der Waals surface area contributed by atoms with Crippen LogP contribution in [0.4, 0.5) is 0 Å². The van der Waals surface area contributed by atoms with Crippen molar-refractivity contribution in [1.29, 1.82) is 0 Å². The van der Waals surface area contributed by atoms with Crippen LogP contribution in [0.5, 0.6) is 17.2 Å². The molecule has 118 valence electrons. The Kier molecular flexibility index (Phi) is 6.58. The Hall–Kier alpha value is -1.66. The van der Waals surface area contributed by atoms with Crippen LogP contribution in [0.1, 0.15) is 13.8 Å². The van der Waals surface area contributed by atoms with Crippen LogP contribution in [0.15, 0.2) is 18.2 Å². The summed E-state index contributed by atoms with van der Waals surface area (Å²) in [4.78, 5) is 11.7. The molecule has 0 aromatic heterocycles. The van der Waals surface area contributed by atoms with E-state index in [1.165, 1.54) is 0 Å². The fourth-order valence-corrected chi connectivity index (χ4v) is 1.71. The fraction of sp³-hybridized carbons (Fsp3) is 0.500. The standard InChI is InChI=1S/C14H20N2O4.ClH/c1-9(10(2)15)14(17)16-5-6-18-11-3-4-12-13(7-11)20-8-19-12;/h3-4,7,9-10H,5-6,8,15H2,1-2H3,(H,16,17);1H. The number of fused-ring (bicyclic) bond motifs is 1. The molecule has 1 aromatic carbocycles. The predicted molar refractivity (Wildman–Crippen MR) is 81.1 cm³/mol. The zero-order valence-corrected chi connectivity index (χ0v) is 12.9. The average molecular weight is 317 g/mol. The van der Waals surface area contributed by atoms with E-state index in [1.807, 2.05) is 6.92 Å². The first kappa shape index (κ1) is 17.4. The molecule has 21 heavy (non-hydrogen) atoms. The van der Waals surface area contributed by atoms with E-state index in [9.17, 15) is 4.79 Å². The van der Waals surface area contributed by atoms with Crippen LogP contribution in [-0.2, 0) is 4.79 Å². The largest absolute Gasteiger partial charge is 0.492 e. The molecule has 2 unspecified atom stereocenters. The first-order valence-corrected chi connectivity index (χ1v) is 6.63. The van der Waals surface area contributed by atoms with Gasteiger partial charge in [-0.05, 0) is 19.1 Å². The summed E-state index contributed by atoms with van der Waals surface area (Å²) in [6.45, 7) is 4.68. The van der Waals surface area contributed by atoms with E-state index in [-0.39, 0.29) is 37.1 Å². The summed E-state index contributed by atoms with van der Waals surface area (Å²) in [5.74, 6) is 1.81. The van der Waals surface area contributed by atoms with Gasteiger partial charge in [0.2, 0.25) is 12.7 Å². The first-order chi connectivity index (χ1) is 9.58. The highest BCUT2D eigenvalue weighted by Crippen LogP contribution is 2.34. The molecule has 0 fully saturated rings. The van der Waals surface area contributed by atoms with Gasteiger partial charge in [-0.3, -0.25) is 4.79 Å². The molecule has 1 amide bonds. The van der Waals surface area contributed by atoms with Crippen LogP contribution in [-0.4, -0.2) is 31.9 Å². The molecule has 0 aliphatic carbocycles. The maximum absolute atomic E-state index is 11.7. The molecule has 1 heterocycles. The molecule has 2 rings (SSSR count). The number of carbonyl (C=O) groups is 1. The zero-order valence-electron chi connectivity index (χ0n) is 12.1. The number of hydrogen-bond donors (Lipinski definition) is 2.